The molecule has 150 valence electrons. The lowest BCUT2D eigenvalue weighted by atomic mass is 10.2. The number of hydrogen-bond donors (Lipinski definition) is 0. The molecule has 1 aliphatic heterocycles. The molecule has 1 saturated heterocycles. The molecule has 28 heavy (non-hydrogen) atoms. The van der Waals surface area contributed by atoms with E-state index in [4.69, 9.17) is 9.47 Å². The number of benzene rings is 1. The highest BCUT2D eigenvalue weighted by molar-refractivity contribution is 7.15. The van der Waals surface area contributed by atoms with Crippen LogP contribution < -0.4 is 9.64 Å². The van der Waals surface area contributed by atoms with Gasteiger partial charge in [-0.15, -0.1) is 0 Å². The summed E-state index contributed by atoms with van der Waals surface area (Å²) in [6, 6.07) is 8.85. The van der Waals surface area contributed by atoms with Gasteiger partial charge in [0, 0.05) is 26.2 Å². The molecule has 1 amide bonds. The molecule has 0 aliphatic carbocycles. The van der Waals surface area contributed by atoms with Crippen LogP contribution >= 0.6 is 11.3 Å². The highest BCUT2D eigenvalue weighted by Crippen LogP contribution is 2.31. The molecule has 0 radical (unpaired) electrons. The van der Waals surface area contributed by atoms with E-state index < -0.39 is 11.6 Å². The molecule has 0 unspecified atom stereocenters. The first kappa shape index (κ1) is 20.1. The Morgan fingerprint density at radius 2 is 1.71 bits per heavy atom. The van der Waals surface area contributed by atoms with Gasteiger partial charge < -0.3 is 19.3 Å². The fourth-order valence-electron chi connectivity index (χ4n) is 2.73. The van der Waals surface area contributed by atoms with Crippen LogP contribution in [0.4, 0.5) is 9.93 Å². The zero-order valence-electron chi connectivity index (χ0n) is 16.6. The van der Waals surface area contributed by atoms with Crippen molar-refractivity contribution in [2.75, 3.05) is 31.1 Å². The molecular weight excluding hydrogens is 378 g/mol. The van der Waals surface area contributed by atoms with Crippen molar-refractivity contribution in [2.24, 2.45) is 0 Å². The van der Waals surface area contributed by atoms with Gasteiger partial charge in [0.05, 0.1) is 10.4 Å². The molecule has 7 nitrogen and oxygen atoms in total. The summed E-state index contributed by atoms with van der Waals surface area (Å²) in [6.07, 6.45) is -0.292. The third kappa shape index (κ3) is 5.01. The van der Waals surface area contributed by atoms with Crippen molar-refractivity contribution in [1.29, 1.82) is 0 Å². The number of rotatable bonds is 3. The van der Waals surface area contributed by atoms with Crippen LogP contribution in [0.25, 0.3) is 0 Å². The average Bonchev–Trinajstić information content (AvgIpc) is 3.01. The van der Waals surface area contributed by atoms with Gasteiger partial charge in [-0.2, -0.15) is 4.98 Å². The molecule has 1 fully saturated rings. The van der Waals surface area contributed by atoms with Crippen LogP contribution in [0.1, 0.15) is 36.0 Å². The van der Waals surface area contributed by atoms with Gasteiger partial charge in [0.2, 0.25) is 5.88 Å². The van der Waals surface area contributed by atoms with E-state index in [-0.39, 0.29) is 6.09 Å². The van der Waals surface area contributed by atoms with Gasteiger partial charge in [-0.05, 0) is 39.8 Å². The number of thiazole rings is 1. The quantitative estimate of drug-likeness (QED) is 0.727. The third-order valence-electron chi connectivity index (χ3n) is 4.14. The maximum Gasteiger partial charge on any atom is 0.410 e. The summed E-state index contributed by atoms with van der Waals surface area (Å²) in [5, 5.41) is 0.789. The number of amides is 1. The van der Waals surface area contributed by atoms with Crippen molar-refractivity contribution in [3.8, 4) is 5.88 Å². The number of carbonyl (C=O) groups excluding carboxylic acids is 2. The minimum atomic E-state index is -0.502. The standard InChI is InChI=1S/C20H25N3O4S/c1-14-16(26-17(24)15-8-6-5-7-9-15)21-18(28-14)22-10-12-23(13-11-22)19(25)27-20(2,3)4/h5-9H,10-13H2,1-4H3. The van der Waals surface area contributed by atoms with Gasteiger partial charge in [-0.3, -0.25) is 0 Å². The van der Waals surface area contributed by atoms with Gasteiger partial charge in [0.1, 0.15) is 5.60 Å². The van der Waals surface area contributed by atoms with E-state index in [9.17, 15) is 9.59 Å². The van der Waals surface area contributed by atoms with Crippen molar-refractivity contribution in [1.82, 2.24) is 9.88 Å². The Hall–Kier alpha value is -2.61. The van der Waals surface area contributed by atoms with E-state index in [1.54, 1.807) is 29.2 Å². The van der Waals surface area contributed by atoms with E-state index in [0.717, 1.165) is 10.0 Å². The second kappa shape index (κ2) is 8.18. The Morgan fingerprint density at radius 1 is 1.07 bits per heavy atom. The first-order valence-electron chi connectivity index (χ1n) is 9.20. The number of aryl methyl sites for hydroxylation is 1. The number of esters is 1. The van der Waals surface area contributed by atoms with Crippen LogP contribution in [0.5, 0.6) is 5.88 Å². The summed E-state index contributed by atoms with van der Waals surface area (Å²) in [7, 11) is 0. The molecule has 2 aromatic rings. The molecule has 1 aromatic carbocycles. The molecule has 1 aromatic heterocycles. The minimum absolute atomic E-state index is 0.292. The van der Waals surface area contributed by atoms with Crippen LogP contribution in [0.2, 0.25) is 0 Å². The molecule has 1 aliphatic rings. The topological polar surface area (TPSA) is 72.0 Å². The molecule has 8 heteroatoms. The largest absolute Gasteiger partial charge is 0.444 e. The van der Waals surface area contributed by atoms with Crippen LogP contribution in [0.3, 0.4) is 0 Å². The first-order valence-corrected chi connectivity index (χ1v) is 10.0. The molecule has 2 heterocycles. The van der Waals surface area contributed by atoms with E-state index in [1.165, 1.54) is 11.3 Å². The Balaban J connectivity index is 1.60. The molecule has 0 saturated carbocycles. The maximum atomic E-state index is 12.3. The Morgan fingerprint density at radius 3 is 2.32 bits per heavy atom. The van der Waals surface area contributed by atoms with Crippen molar-refractivity contribution in [3.63, 3.8) is 0 Å². The number of hydrogen-bond acceptors (Lipinski definition) is 7. The molecule has 0 spiro atoms. The van der Waals surface area contributed by atoms with Crippen molar-refractivity contribution < 1.29 is 19.1 Å². The second-order valence-electron chi connectivity index (χ2n) is 7.57. The number of piperazine rings is 1. The molecular formula is C20H25N3O4S. The predicted molar refractivity (Wildman–Crippen MR) is 108 cm³/mol. The SMILES string of the molecule is Cc1sc(N2CCN(C(=O)OC(C)(C)C)CC2)nc1OC(=O)c1ccccc1. The van der Waals surface area contributed by atoms with Crippen LogP contribution in [-0.4, -0.2) is 53.7 Å². The monoisotopic (exact) mass is 403 g/mol. The van der Waals surface area contributed by atoms with Crippen molar-refractivity contribution in [3.05, 3.63) is 40.8 Å². The highest BCUT2D eigenvalue weighted by Gasteiger charge is 2.27. The normalized spacial score (nSPS) is 14.7. The number of aromatic nitrogens is 1. The van der Waals surface area contributed by atoms with Gasteiger partial charge in [-0.25, -0.2) is 9.59 Å². The smallest absolute Gasteiger partial charge is 0.410 e. The third-order valence-corrected chi connectivity index (χ3v) is 5.16. The van der Waals surface area contributed by atoms with Crippen LogP contribution in [-0.2, 0) is 4.74 Å². The summed E-state index contributed by atoms with van der Waals surface area (Å²) in [5.74, 6) is -0.0845. The van der Waals surface area contributed by atoms with E-state index in [1.807, 2.05) is 33.8 Å². The summed E-state index contributed by atoms with van der Waals surface area (Å²) in [4.78, 5) is 33.6. The summed E-state index contributed by atoms with van der Waals surface area (Å²) < 4.78 is 10.9. The number of anilines is 1. The summed E-state index contributed by atoms with van der Waals surface area (Å²) in [5.41, 5.74) is -0.0135. The van der Waals surface area contributed by atoms with E-state index in [2.05, 4.69) is 9.88 Å². The van der Waals surface area contributed by atoms with Crippen LogP contribution in [0.15, 0.2) is 30.3 Å². The number of carbonyl (C=O) groups is 2. The highest BCUT2D eigenvalue weighted by atomic mass is 32.1. The summed E-state index contributed by atoms with van der Waals surface area (Å²) in [6.45, 7) is 9.88. The molecule has 0 N–H and O–H groups in total. The number of nitrogens with zero attached hydrogens (tertiary/aromatic N) is 3. The fourth-order valence-corrected chi connectivity index (χ4v) is 3.62. The summed E-state index contributed by atoms with van der Waals surface area (Å²) >= 11 is 1.48. The number of ether oxygens (including phenoxy) is 2. The van der Waals surface area contributed by atoms with Crippen molar-refractivity contribution in [2.45, 2.75) is 33.3 Å². The Kier molecular flexibility index (Phi) is 5.88. The fraction of sp³-hybridized carbons (Fsp3) is 0.450. The van der Waals surface area contributed by atoms with Crippen molar-refractivity contribution >= 4 is 28.5 Å². The molecule has 3 rings (SSSR count). The van der Waals surface area contributed by atoms with Gasteiger partial charge in [0.15, 0.2) is 5.13 Å². The lowest BCUT2D eigenvalue weighted by Gasteiger charge is -2.35. The lowest BCUT2D eigenvalue weighted by Crippen LogP contribution is -2.50. The minimum Gasteiger partial charge on any atom is -0.444 e. The Labute approximate surface area is 168 Å². The van der Waals surface area contributed by atoms with E-state index in [0.29, 0.717) is 37.6 Å². The molecule has 0 bridgehead atoms. The average molecular weight is 404 g/mol. The second-order valence-corrected chi connectivity index (χ2v) is 8.75. The predicted octanol–water partition coefficient (Wildman–Crippen LogP) is 3.73. The molecule has 0 atom stereocenters. The zero-order valence-corrected chi connectivity index (χ0v) is 17.4. The Bertz CT molecular complexity index is 837. The lowest BCUT2D eigenvalue weighted by molar-refractivity contribution is 0.0240. The van der Waals surface area contributed by atoms with Gasteiger partial charge in [0.25, 0.3) is 0 Å². The maximum absolute atomic E-state index is 12.3. The van der Waals surface area contributed by atoms with E-state index >= 15 is 0 Å². The zero-order chi connectivity index (χ0) is 20.3. The van der Waals surface area contributed by atoms with Crippen LogP contribution in [0, 0.1) is 6.92 Å². The first-order chi connectivity index (χ1) is 13.2. The van der Waals surface area contributed by atoms with Gasteiger partial charge in [-0.1, -0.05) is 29.5 Å². The van der Waals surface area contributed by atoms with Gasteiger partial charge >= 0.3 is 12.1 Å².